The molecule has 0 unspecified atom stereocenters. The van der Waals surface area contributed by atoms with Crippen molar-refractivity contribution in [2.75, 3.05) is 5.73 Å². The first kappa shape index (κ1) is 12.2. The van der Waals surface area contributed by atoms with Gasteiger partial charge in [-0.15, -0.1) is 0 Å². The van der Waals surface area contributed by atoms with E-state index in [0.29, 0.717) is 5.82 Å². The van der Waals surface area contributed by atoms with Crippen molar-refractivity contribution in [1.29, 1.82) is 0 Å². The van der Waals surface area contributed by atoms with Crippen LogP contribution >= 0.6 is 27.7 Å². The van der Waals surface area contributed by atoms with E-state index >= 15 is 0 Å². The van der Waals surface area contributed by atoms with Crippen LogP contribution in [0, 0.1) is 0 Å². The third-order valence-corrected chi connectivity index (χ3v) is 4.80. The minimum Gasteiger partial charge on any atom is -0.383 e. The van der Waals surface area contributed by atoms with Crippen LogP contribution in [0.2, 0.25) is 0 Å². The van der Waals surface area contributed by atoms with Gasteiger partial charge in [-0.2, -0.15) is 11.8 Å². The van der Waals surface area contributed by atoms with Gasteiger partial charge in [-0.05, 0) is 28.8 Å². The highest BCUT2D eigenvalue weighted by Crippen LogP contribution is 2.30. The highest BCUT2D eigenvalue weighted by Gasteiger charge is 2.14. The summed E-state index contributed by atoms with van der Waals surface area (Å²) in [4.78, 5) is 8.52. The first-order chi connectivity index (χ1) is 7.75. The van der Waals surface area contributed by atoms with Crippen molar-refractivity contribution in [1.82, 2.24) is 9.97 Å². The van der Waals surface area contributed by atoms with Crippen LogP contribution in [0.3, 0.4) is 0 Å². The van der Waals surface area contributed by atoms with E-state index in [1.54, 1.807) is 6.20 Å². The number of nitrogens with two attached hydrogens (primary N) is 1. The fraction of sp³-hybridized carbons (Fsp3) is 0.636. The molecule has 0 aliphatic heterocycles. The summed E-state index contributed by atoms with van der Waals surface area (Å²) in [6, 6.07) is 0. The molecule has 0 spiro atoms. The SMILES string of the molecule is Nc1nc(CSC2CCCCC2)ncc1Br. The molecule has 1 saturated carbocycles. The van der Waals surface area contributed by atoms with Gasteiger partial charge >= 0.3 is 0 Å². The molecule has 1 aromatic heterocycles. The minimum absolute atomic E-state index is 0.536. The lowest BCUT2D eigenvalue weighted by Gasteiger charge is -2.20. The molecule has 1 heterocycles. The van der Waals surface area contributed by atoms with Gasteiger partial charge < -0.3 is 5.73 Å². The number of rotatable bonds is 3. The zero-order valence-corrected chi connectivity index (χ0v) is 11.6. The molecular formula is C11H16BrN3S. The van der Waals surface area contributed by atoms with Crippen molar-refractivity contribution < 1.29 is 0 Å². The van der Waals surface area contributed by atoms with Gasteiger partial charge in [-0.1, -0.05) is 19.3 Å². The maximum Gasteiger partial charge on any atom is 0.141 e. The monoisotopic (exact) mass is 301 g/mol. The molecule has 16 heavy (non-hydrogen) atoms. The van der Waals surface area contributed by atoms with E-state index in [4.69, 9.17) is 5.73 Å². The molecular weight excluding hydrogens is 286 g/mol. The summed E-state index contributed by atoms with van der Waals surface area (Å²) in [6.07, 6.45) is 8.58. The van der Waals surface area contributed by atoms with Crippen LogP contribution in [-0.4, -0.2) is 15.2 Å². The largest absolute Gasteiger partial charge is 0.383 e. The van der Waals surface area contributed by atoms with Gasteiger partial charge in [0.2, 0.25) is 0 Å². The average molecular weight is 302 g/mol. The van der Waals surface area contributed by atoms with Crippen molar-refractivity contribution >= 4 is 33.5 Å². The number of anilines is 1. The third-order valence-electron chi connectivity index (χ3n) is 2.82. The second kappa shape index (κ2) is 5.87. The van der Waals surface area contributed by atoms with Crippen LogP contribution in [0.1, 0.15) is 37.9 Å². The highest BCUT2D eigenvalue weighted by atomic mass is 79.9. The highest BCUT2D eigenvalue weighted by molar-refractivity contribution is 9.10. The van der Waals surface area contributed by atoms with Crippen LogP contribution in [0.4, 0.5) is 5.82 Å². The maximum atomic E-state index is 5.72. The molecule has 0 bridgehead atoms. The van der Waals surface area contributed by atoms with Crippen LogP contribution in [0.5, 0.6) is 0 Å². The number of aromatic nitrogens is 2. The van der Waals surface area contributed by atoms with Crippen molar-refractivity contribution in [2.45, 2.75) is 43.1 Å². The Kier molecular flexibility index (Phi) is 4.46. The van der Waals surface area contributed by atoms with Gasteiger partial charge in [0, 0.05) is 11.4 Å². The Labute approximate surface area is 109 Å². The van der Waals surface area contributed by atoms with Crippen LogP contribution in [-0.2, 0) is 5.75 Å². The summed E-state index contributed by atoms with van der Waals surface area (Å²) < 4.78 is 0.777. The van der Waals surface area contributed by atoms with Crippen LogP contribution < -0.4 is 5.73 Å². The van der Waals surface area contributed by atoms with Gasteiger partial charge in [0.15, 0.2) is 0 Å². The molecule has 0 aromatic carbocycles. The lowest BCUT2D eigenvalue weighted by Crippen LogP contribution is -2.09. The normalized spacial score (nSPS) is 17.6. The molecule has 1 aliphatic rings. The van der Waals surface area contributed by atoms with Gasteiger partial charge in [-0.3, -0.25) is 0 Å². The lowest BCUT2D eigenvalue weighted by atomic mass is 10.0. The number of hydrogen-bond acceptors (Lipinski definition) is 4. The predicted octanol–water partition coefficient (Wildman–Crippen LogP) is 3.39. The van der Waals surface area contributed by atoms with E-state index < -0.39 is 0 Å². The number of thioether (sulfide) groups is 1. The molecule has 3 nitrogen and oxygen atoms in total. The Morgan fingerprint density at radius 2 is 2.12 bits per heavy atom. The minimum atomic E-state index is 0.536. The Bertz CT molecular complexity index is 353. The van der Waals surface area contributed by atoms with Gasteiger partial charge in [0.05, 0.1) is 10.2 Å². The number of nitrogen functional groups attached to an aromatic ring is 1. The Morgan fingerprint density at radius 3 is 2.81 bits per heavy atom. The fourth-order valence-electron chi connectivity index (χ4n) is 1.91. The average Bonchev–Trinajstić information content (AvgIpc) is 2.32. The third kappa shape index (κ3) is 3.35. The van der Waals surface area contributed by atoms with E-state index in [9.17, 15) is 0 Å². The van der Waals surface area contributed by atoms with Gasteiger partial charge in [0.25, 0.3) is 0 Å². The summed E-state index contributed by atoms with van der Waals surface area (Å²) in [5.41, 5.74) is 5.72. The first-order valence-electron chi connectivity index (χ1n) is 5.64. The maximum absolute atomic E-state index is 5.72. The van der Waals surface area contributed by atoms with Crippen molar-refractivity contribution in [2.24, 2.45) is 0 Å². The first-order valence-corrected chi connectivity index (χ1v) is 7.48. The second-order valence-electron chi connectivity index (χ2n) is 4.09. The molecule has 2 N–H and O–H groups in total. The van der Waals surface area contributed by atoms with Gasteiger partial charge in [-0.25, -0.2) is 9.97 Å². The van der Waals surface area contributed by atoms with Gasteiger partial charge in [0.1, 0.15) is 11.6 Å². The second-order valence-corrected chi connectivity index (χ2v) is 6.23. The lowest BCUT2D eigenvalue weighted by molar-refractivity contribution is 0.516. The quantitative estimate of drug-likeness (QED) is 0.930. The zero-order valence-electron chi connectivity index (χ0n) is 9.16. The topological polar surface area (TPSA) is 51.8 Å². The van der Waals surface area contributed by atoms with E-state index in [2.05, 4.69) is 25.9 Å². The Hall–Kier alpha value is -0.290. The molecule has 1 aliphatic carbocycles. The molecule has 0 amide bonds. The van der Waals surface area contributed by atoms with Crippen LogP contribution in [0.15, 0.2) is 10.7 Å². The van der Waals surface area contributed by atoms with E-state index in [1.807, 2.05) is 11.8 Å². The van der Waals surface area contributed by atoms with E-state index in [1.165, 1.54) is 32.1 Å². The summed E-state index contributed by atoms with van der Waals surface area (Å²) >= 11 is 5.27. The van der Waals surface area contributed by atoms with E-state index in [-0.39, 0.29) is 0 Å². The molecule has 0 radical (unpaired) electrons. The molecule has 5 heteroatoms. The molecule has 1 fully saturated rings. The fourth-order valence-corrected chi connectivity index (χ4v) is 3.29. The number of hydrogen-bond donors (Lipinski definition) is 1. The van der Waals surface area contributed by atoms with E-state index in [0.717, 1.165) is 21.3 Å². The zero-order chi connectivity index (χ0) is 11.4. The summed E-state index contributed by atoms with van der Waals surface area (Å²) in [7, 11) is 0. The Balaban J connectivity index is 1.86. The summed E-state index contributed by atoms with van der Waals surface area (Å²) in [5.74, 6) is 2.26. The summed E-state index contributed by atoms with van der Waals surface area (Å²) in [6.45, 7) is 0. The van der Waals surface area contributed by atoms with Crippen molar-refractivity contribution in [3.63, 3.8) is 0 Å². The molecule has 2 rings (SSSR count). The Morgan fingerprint density at radius 1 is 1.38 bits per heavy atom. The number of nitrogens with zero attached hydrogens (tertiary/aromatic N) is 2. The standard InChI is InChI=1S/C11H16BrN3S/c12-9-6-14-10(15-11(9)13)7-16-8-4-2-1-3-5-8/h6,8H,1-5,7H2,(H2,13,14,15). The van der Waals surface area contributed by atoms with Crippen LogP contribution in [0.25, 0.3) is 0 Å². The smallest absolute Gasteiger partial charge is 0.141 e. The van der Waals surface area contributed by atoms with Crippen molar-refractivity contribution in [3.8, 4) is 0 Å². The molecule has 0 atom stereocenters. The summed E-state index contributed by atoms with van der Waals surface area (Å²) in [5, 5.41) is 0.794. The number of halogens is 1. The molecule has 0 saturated heterocycles. The molecule has 1 aromatic rings. The molecule has 88 valence electrons. The predicted molar refractivity (Wildman–Crippen MR) is 72.3 cm³/mol. The van der Waals surface area contributed by atoms with Crippen molar-refractivity contribution in [3.05, 3.63) is 16.5 Å².